The van der Waals surface area contributed by atoms with Crippen LogP contribution in [0.2, 0.25) is 0 Å². The summed E-state index contributed by atoms with van der Waals surface area (Å²) in [6.45, 7) is 0. The van der Waals surface area contributed by atoms with E-state index in [2.05, 4.69) is 10.0 Å². The van der Waals surface area contributed by atoms with E-state index < -0.39 is 27.6 Å². The lowest BCUT2D eigenvalue weighted by molar-refractivity contribution is 0.102. The molecule has 0 fully saturated rings. The van der Waals surface area contributed by atoms with Gasteiger partial charge in [0.25, 0.3) is 15.9 Å². The average Bonchev–Trinajstić information content (AvgIpc) is 3.13. The molecule has 0 saturated carbocycles. The molecule has 0 spiro atoms. The number of thiophene rings is 1. The minimum atomic E-state index is -3.68. The molecule has 0 aliphatic carbocycles. The molecule has 26 heavy (non-hydrogen) atoms. The largest absolute Gasteiger partial charge is 0.319 e. The van der Waals surface area contributed by atoms with Crippen LogP contribution in [-0.2, 0) is 10.0 Å². The number of amides is 1. The molecule has 0 bridgehead atoms. The first-order valence-corrected chi connectivity index (χ1v) is 9.64. The fourth-order valence-corrected chi connectivity index (χ4v) is 4.15. The van der Waals surface area contributed by atoms with E-state index in [0.717, 1.165) is 23.5 Å². The SMILES string of the molecule is O=C(Nc1ccc(F)cc1F)c1ccc(NS(=O)(=O)c2cccs2)cc1. The van der Waals surface area contributed by atoms with Gasteiger partial charge in [-0.1, -0.05) is 6.07 Å². The van der Waals surface area contributed by atoms with Crippen molar-refractivity contribution in [1.82, 2.24) is 0 Å². The highest BCUT2D eigenvalue weighted by Crippen LogP contribution is 2.21. The minimum Gasteiger partial charge on any atom is -0.319 e. The number of hydrogen-bond acceptors (Lipinski definition) is 4. The summed E-state index contributed by atoms with van der Waals surface area (Å²) in [5.74, 6) is -2.25. The molecule has 0 aliphatic rings. The number of anilines is 2. The van der Waals surface area contributed by atoms with Crippen LogP contribution >= 0.6 is 11.3 Å². The second kappa shape index (κ2) is 7.22. The molecular weight excluding hydrogens is 382 g/mol. The molecule has 3 aromatic rings. The van der Waals surface area contributed by atoms with Gasteiger partial charge in [-0.3, -0.25) is 9.52 Å². The number of carbonyl (C=O) groups excluding carboxylic acids is 1. The van der Waals surface area contributed by atoms with Crippen LogP contribution < -0.4 is 10.0 Å². The van der Waals surface area contributed by atoms with E-state index in [9.17, 15) is 22.0 Å². The predicted molar refractivity (Wildman–Crippen MR) is 95.9 cm³/mol. The molecule has 0 radical (unpaired) electrons. The lowest BCUT2D eigenvalue weighted by Gasteiger charge is -2.09. The number of carbonyl (C=O) groups is 1. The van der Waals surface area contributed by atoms with Crippen molar-refractivity contribution in [2.45, 2.75) is 4.21 Å². The van der Waals surface area contributed by atoms with Gasteiger partial charge in [0.2, 0.25) is 0 Å². The van der Waals surface area contributed by atoms with Crippen molar-refractivity contribution in [2.75, 3.05) is 10.0 Å². The summed E-state index contributed by atoms with van der Waals surface area (Å²) < 4.78 is 53.3. The first kappa shape index (κ1) is 18.0. The summed E-state index contributed by atoms with van der Waals surface area (Å²) in [4.78, 5) is 12.1. The van der Waals surface area contributed by atoms with Gasteiger partial charge in [-0.05, 0) is 47.8 Å². The molecule has 2 N–H and O–H groups in total. The number of rotatable bonds is 5. The standard InChI is InChI=1S/C17H12F2N2O3S2/c18-12-5-8-15(14(19)10-12)20-17(22)11-3-6-13(7-4-11)21-26(23,24)16-2-1-9-25-16/h1-10,21H,(H,20,22). The zero-order valence-electron chi connectivity index (χ0n) is 13.1. The summed E-state index contributed by atoms with van der Waals surface area (Å²) in [6, 6.07) is 11.5. The summed E-state index contributed by atoms with van der Waals surface area (Å²) in [5.41, 5.74) is 0.314. The van der Waals surface area contributed by atoms with E-state index >= 15 is 0 Å². The van der Waals surface area contributed by atoms with Gasteiger partial charge in [0, 0.05) is 17.3 Å². The smallest absolute Gasteiger partial charge is 0.271 e. The first-order chi connectivity index (χ1) is 12.3. The number of nitrogens with one attached hydrogen (secondary N) is 2. The van der Waals surface area contributed by atoms with Crippen LogP contribution in [0.15, 0.2) is 64.2 Å². The average molecular weight is 394 g/mol. The number of hydrogen-bond donors (Lipinski definition) is 2. The van der Waals surface area contributed by atoms with Crippen LogP contribution in [0.1, 0.15) is 10.4 Å². The third-order valence-corrected chi connectivity index (χ3v) is 6.12. The quantitative estimate of drug-likeness (QED) is 0.685. The molecule has 0 unspecified atom stereocenters. The van der Waals surface area contributed by atoms with Crippen LogP contribution in [0.3, 0.4) is 0 Å². The molecule has 0 atom stereocenters. The molecule has 2 aromatic carbocycles. The van der Waals surface area contributed by atoms with E-state index in [1.807, 2.05) is 0 Å². The molecule has 0 saturated heterocycles. The Morgan fingerprint density at radius 1 is 1.00 bits per heavy atom. The zero-order chi connectivity index (χ0) is 18.7. The van der Waals surface area contributed by atoms with E-state index in [-0.39, 0.29) is 21.1 Å². The summed E-state index contributed by atoms with van der Waals surface area (Å²) in [5, 5.41) is 3.98. The Kier molecular flexibility index (Phi) is 5.01. The third-order valence-electron chi connectivity index (χ3n) is 3.34. The Morgan fingerprint density at radius 2 is 1.73 bits per heavy atom. The molecule has 9 heteroatoms. The fraction of sp³-hybridized carbons (Fsp3) is 0. The molecule has 5 nitrogen and oxygen atoms in total. The van der Waals surface area contributed by atoms with Crippen molar-refractivity contribution >= 4 is 38.6 Å². The van der Waals surface area contributed by atoms with Crippen LogP contribution in [-0.4, -0.2) is 14.3 Å². The number of halogens is 2. The second-order valence-corrected chi connectivity index (χ2v) is 8.05. The highest BCUT2D eigenvalue weighted by Gasteiger charge is 2.15. The molecule has 134 valence electrons. The Morgan fingerprint density at radius 3 is 2.35 bits per heavy atom. The Hall–Kier alpha value is -2.78. The van der Waals surface area contributed by atoms with Crippen molar-refractivity contribution < 1.29 is 22.0 Å². The van der Waals surface area contributed by atoms with Gasteiger partial charge < -0.3 is 5.32 Å². The molecule has 1 heterocycles. The second-order valence-electron chi connectivity index (χ2n) is 5.19. The van der Waals surface area contributed by atoms with Gasteiger partial charge in [0.1, 0.15) is 15.8 Å². The topological polar surface area (TPSA) is 75.3 Å². The summed E-state index contributed by atoms with van der Waals surface area (Å²) in [6.07, 6.45) is 0. The Labute approximate surface area is 152 Å². The third kappa shape index (κ3) is 4.06. The van der Waals surface area contributed by atoms with Gasteiger partial charge in [-0.25, -0.2) is 17.2 Å². The van der Waals surface area contributed by atoms with Gasteiger partial charge >= 0.3 is 0 Å². The van der Waals surface area contributed by atoms with Crippen molar-refractivity contribution in [3.05, 3.63) is 77.2 Å². The highest BCUT2D eigenvalue weighted by atomic mass is 32.2. The van der Waals surface area contributed by atoms with Crippen LogP contribution in [0.4, 0.5) is 20.2 Å². The molecular formula is C17H12F2N2O3S2. The molecule has 1 amide bonds. The first-order valence-electron chi connectivity index (χ1n) is 7.28. The monoisotopic (exact) mass is 394 g/mol. The number of benzene rings is 2. The van der Waals surface area contributed by atoms with Crippen molar-refractivity contribution in [3.63, 3.8) is 0 Å². The van der Waals surface area contributed by atoms with Gasteiger partial charge in [-0.15, -0.1) is 11.3 Å². The normalized spacial score (nSPS) is 11.2. The minimum absolute atomic E-state index is 0.154. The van der Waals surface area contributed by atoms with Crippen molar-refractivity contribution in [1.29, 1.82) is 0 Å². The number of sulfonamides is 1. The van der Waals surface area contributed by atoms with Crippen molar-refractivity contribution in [3.8, 4) is 0 Å². The Balaban J connectivity index is 1.72. The summed E-state index contributed by atoms with van der Waals surface area (Å²) >= 11 is 1.08. The maximum Gasteiger partial charge on any atom is 0.271 e. The van der Waals surface area contributed by atoms with Gasteiger partial charge in [0.15, 0.2) is 0 Å². The van der Waals surface area contributed by atoms with Gasteiger partial charge in [0.05, 0.1) is 5.69 Å². The molecule has 1 aromatic heterocycles. The van der Waals surface area contributed by atoms with Crippen LogP contribution in [0.25, 0.3) is 0 Å². The van der Waals surface area contributed by atoms with Gasteiger partial charge in [-0.2, -0.15) is 0 Å². The van der Waals surface area contributed by atoms with E-state index in [1.54, 1.807) is 11.4 Å². The molecule has 3 rings (SSSR count). The van der Waals surface area contributed by atoms with E-state index in [1.165, 1.54) is 30.3 Å². The van der Waals surface area contributed by atoms with Crippen molar-refractivity contribution in [2.24, 2.45) is 0 Å². The zero-order valence-corrected chi connectivity index (χ0v) is 14.7. The summed E-state index contributed by atoms with van der Waals surface area (Å²) in [7, 11) is -3.68. The fourth-order valence-electron chi connectivity index (χ4n) is 2.10. The van der Waals surface area contributed by atoms with Crippen LogP contribution in [0.5, 0.6) is 0 Å². The Bertz CT molecular complexity index is 1030. The maximum absolute atomic E-state index is 13.6. The van der Waals surface area contributed by atoms with Crippen LogP contribution in [0, 0.1) is 11.6 Å². The van der Waals surface area contributed by atoms with E-state index in [0.29, 0.717) is 6.07 Å². The lowest BCUT2D eigenvalue weighted by atomic mass is 10.2. The molecule has 0 aliphatic heterocycles. The van der Waals surface area contributed by atoms with E-state index in [4.69, 9.17) is 0 Å². The highest BCUT2D eigenvalue weighted by molar-refractivity contribution is 7.94. The lowest BCUT2D eigenvalue weighted by Crippen LogP contribution is -2.14. The maximum atomic E-state index is 13.6. The predicted octanol–water partition coefficient (Wildman–Crippen LogP) is 4.08.